The van der Waals surface area contributed by atoms with Crippen LogP contribution in [0, 0.1) is 6.92 Å². The molecule has 0 aliphatic rings. The number of aryl methyl sites for hydroxylation is 1. The van der Waals surface area contributed by atoms with Gasteiger partial charge in [-0.2, -0.15) is 13.2 Å². The number of rotatable bonds is 4. The Kier molecular flexibility index (Phi) is 5.01. The first-order chi connectivity index (χ1) is 13.8. The number of H-pyrrole nitrogens is 1. The third-order valence-corrected chi connectivity index (χ3v) is 5.32. The molecule has 0 saturated heterocycles. The summed E-state index contributed by atoms with van der Waals surface area (Å²) in [7, 11) is 0. The van der Waals surface area contributed by atoms with Crippen LogP contribution in [0.5, 0.6) is 0 Å². The lowest BCUT2D eigenvalue weighted by Crippen LogP contribution is -2.14. The summed E-state index contributed by atoms with van der Waals surface area (Å²) in [5, 5.41) is 5.00. The number of halogens is 4. The van der Waals surface area contributed by atoms with Gasteiger partial charge in [0.2, 0.25) is 0 Å². The summed E-state index contributed by atoms with van der Waals surface area (Å²) in [5.74, 6) is 0. The standard InChI is InChI=1S/C23H18ClF3N2/c1-14-21(18-7-3-5-9-20(18)28-14)22(17-6-2-4-8-19(17)24)29-16-12-10-15(11-13-16)23(25,26)27/h2-13,22,28-29H,1H3. The monoisotopic (exact) mass is 414 g/mol. The number of aromatic nitrogens is 1. The predicted molar refractivity (Wildman–Crippen MR) is 111 cm³/mol. The second-order valence-electron chi connectivity index (χ2n) is 6.88. The summed E-state index contributed by atoms with van der Waals surface area (Å²) in [4.78, 5) is 3.38. The van der Waals surface area contributed by atoms with Gasteiger partial charge in [0.05, 0.1) is 11.6 Å². The number of benzene rings is 3. The van der Waals surface area contributed by atoms with E-state index in [1.54, 1.807) is 0 Å². The highest BCUT2D eigenvalue weighted by Crippen LogP contribution is 2.38. The minimum absolute atomic E-state index is 0.336. The third-order valence-electron chi connectivity index (χ3n) is 4.97. The van der Waals surface area contributed by atoms with Crippen LogP contribution >= 0.6 is 11.6 Å². The average Bonchev–Trinajstić information content (AvgIpc) is 3.02. The van der Waals surface area contributed by atoms with Crippen molar-refractivity contribution in [2.24, 2.45) is 0 Å². The molecular formula is C23H18ClF3N2. The van der Waals surface area contributed by atoms with E-state index in [4.69, 9.17) is 11.6 Å². The van der Waals surface area contributed by atoms with Crippen molar-refractivity contribution in [2.45, 2.75) is 19.1 Å². The van der Waals surface area contributed by atoms with Crippen molar-refractivity contribution >= 4 is 28.2 Å². The fourth-order valence-corrected chi connectivity index (χ4v) is 3.85. The molecule has 0 amide bonds. The first-order valence-corrected chi connectivity index (χ1v) is 9.48. The van der Waals surface area contributed by atoms with Crippen LogP contribution in [0.25, 0.3) is 10.9 Å². The Morgan fingerprint density at radius 1 is 0.897 bits per heavy atom. The minimum Gasteiger partial charge on any atom is -0.374 e. The molecule has 1 unspecified atom stereocenters. The Bertz CT molecular complexity index is 1150. The fraction of sp³-hybridized carbons (Fsp3) is 0.130. The van der Waals surface area contributed by atoms with E-state index in [1.807, 2.05) is 55.5 Å². The van der Waals surface area contributed by atoms with Gasteiger partial charge in [0, 0.05) is 32.9 Å². The lowest BCUT2D eigenvalue weighted by molar-refractivity contribution is -0.137. The molecule has 0 saturated carbocycles. The molecule has 0 spiro atoms. The minimum atomic E-state index is -4.37. The number of hydrogen-bond acceptors (Lipinski definition) is 1. The molecule has 3 aromatic carbocycles. The normalized spacial score (nSPS) is 12.9. The zero-order valence-corrected chi connectivity index (χ0v) is 16.3. The van der Waals surface area contributed by atoms with Gasteiger partial charge < -0.3 is 10.3 Å². The van der Waals surface area contributed by atoms with E-state index in [-0.39, 0.29) is 6.04 Å². The quantitative estimate of drug-likeness (QED) is 0.359. The van der Waals surface area contributed by atoms with Crippen molar-refractivity contribution in [3.63, 3.8) is 0 Å². The molecule has 4 aromatic rings. The van der Waals surface area contributed by atoms with Gasteiger partial charge in [-0.05, 0) is 48.9 Å². The van der Waals surface area contributed by atoms with Crippen LogP contribution in [0.4, 0.5) is 18.9 Å². The van der Waals surface area contributed by atoms with E-state index < -0.39 is 11.7 Å². The molecule has 1 atom stereocenters. The molecule has 1 heterocycles. The van der Waals surface area contributed by atoms with Crippen LogP contribution in [0.2, 0.25) is 5.02 Å². The van der Waals surface area contributed by atoms with Crippen LogP contribution in [-0.4, -0.2) is 4.98 Å². The van der Waals surface area contributed by atoms with Gasteiger partial charge in [0.1, 0.15) is 0 Å². The van der Waals surface area contributed by atoms with Gasteiger partial charge in [-0.15, -0.1) is 0 Å². The van der Waals surface area contributed by atoms with Gasteiger partial charge in [-0.3, -0.25) is 0 Å². The number of hydrogen-bond donors (Lipinski definition) is 2. The maximum Gasteiger partial charge on any atom is 0.416 e. The van der Waals surface area contributed by atoms with E-state index in [0.29, 0.717) is 10.7 Å². The maximum absolute atomic E-state index is 12.9. The lowest BCUT2D eigenvalue weighted by atomic mass is 9.95. The Balaban J connectivity index is 1.82. The Morgan fingerprint density at radius 3 is 2.24 bits per heavy atom. The molecule has 6 heteroatoms. The van der Waals surface area contributed by atoms with Crippen LogP contribution in [0.3, 0.4) is 0 Å². The molecule has 2 nitrogen and oxygen atoms in total. The van der Waals surface area contributed by atoms with Crippen molar-refractivity contribution < 1.29 is 13.2 Å². The zero-order valence-electron chi connectivity index (χ0n) is 15.5. The van der Waals surface area contributed by atoms with E-state index in [1.165, 1.54) is 12.1 Å². The summed E-state index contributed by atoms with van der Waals surface area (Å²) in [5.41, 5.74) is 3.71. The van der Waals surface area contributed by atoms with E-state index in [0.717, 1.165) is 39.9 Å². The zero-order chi connectivity index (χ0) is 20.6. The summed E-state index contributed by atoms with van der Waals surface area (Å²) in [6, 6.07) is 20.1. The Morgan fingerprint density at radius 2 is 1.55 bits per heavy atom. The van der Waals surface area contributed by atoms with Crippen LogP contribution < -0.4 is 5.32 Å². The summed E-state index contributed by atoms with van der Waals surface area (Å²) in [6.45, 7) is 1.98. The largest absolute Gasteiger partial charge is 0.416 e. The number of para-hydroxylation sites is 1. The summed E-state index contributed by atoms with van der Waals surface area (Å²) < 4.78 is 38.7. The first-order valence-electron chi connectivity index (χ1n) is 9.10. The molecule has 1 aromatic heterocycles. The van der Waals surface area contributed by atoms with Crippen molar-refractivity contribution in [3.05, 3.63) is 100 Å². The molecule has 0 fully saturated rings. The number of anilines is 1. The molecular weight excluding hydrogens is 397 g/mol. The molecule has 29 heavy (non-hydrogen) atoms. The second kappa shape index (κ2) is 7.48. The molecule has 2 N–H and O–H groups in total. The van der Waals surface area contributed by atoms with Gasteiger partial charge >= 0.3 is 6.18 Å². The maximum atomic E-state index is 12.9. The molecule has 148 valence electrons. The van der Waals surface area contributed by atoms with Gasteiger partial charge in [0.15, 0.2) is 0 Å². The van der Waals surface area contributed by atoms with Gasteiger partial charge in [0.25, 0.3) is 0 Å². The highest BCUT2D eigenvalue weighted by Gasteiger charge is 2.30. The average molecular weight is 415 g/mol. The topological polar surface area (TPSA) is 27.8 Å². The van der Waals surface area contributed by atoms with Gasteiger partial charge in [-0.25, -0.2) is 0 Å². The van der Waals surface area contributed by atoms with Crippen molar-refractivity contribution in [3.8, 4) is 0 Å². The van der Waals surface area contributed by atoms with Crippen molar-refractivity contribution in [1.82, 2.24) is 4.98 Å². The number of nitrogens with one attached hydrogen (secondary N) is 2. The molecule has 0 aliphatic heterocycles. The van der Waals surface area contributed by atoms with Crippen molar-refractivity contribution in [1.29, 1.82) is 0 Å². The third kappa shape index (κ3) is 3.83. The summed E-state index contributed by atoms with van der Waals surface area (Å²) in [6.07, 6.45) is -4.37. The van der Waals surface area contributed by atoms with E-state index in [9.17, 15) is 13.2 Å². The first kappa shape index (κ1) is 19.4. The van der Waals surface area contributed by atoms with Crippen molar-refractivity contribution in [2.75, 3.05) is 5.32 Å². The number of alkyl halides is 3. The lowest BCUT2D eigenvalue weighted by Gasteiger charge is -2.23. The number of aromatic amines is 1. The van der Waals surface area contributed by atoms with E-state index in [2.05, 4.69) is 10.3 Å². The molecule has 0 radical (unpaired) electrons. The molecule has 0 bridgehead atoms. The second-order valence-corrected chi connectivity index (χ2v) is 7.29. The van der Waals surface area contributed by atoms with Crippen LogP contribution in [0.1, 0.15) is 28.4 Å². The Hall–Kier alpha value is -2.92. The SMILES string of the molecule is Cc1[nH]c2ccccc2c1C(Nc1ccc(C(F)(F)F)cc1)c1ccccc1Cl. The highest BCUT2D eigenvalue weighted by molar-refractivity contribution is 6.31. The van der Waals surface area contributed by atoms with Crippen LogP contribution in [-0.2, 0) is 6.18 Å². The Labute approximate surface area is 171 Å². The molecule has 4 rings (SSSR count). The van der Waals surface area contributed by atoms with Gasteiger partial charge in [-0.1, -0.05) is 48.0 Å². The highest BCUT2D eigenvalue weighted by atomic mass is 35.5. The smallest absolute Gasteiger partial charge is 0.374 e. The molecule has 0 aliphatic carbocycles. The number of fused-ring (bicyclic) bond motifs is 1. The van der Waals surface area contributed by atoms with E-state index >= 15 is 0 Å². The summed E-state index contributed by atoms with van der Waals surface area (Å²) >= 11 is 6.49. The van der Waals surface area contributed by atoms with Crippen LogP contribution in [0.15, 0.2) is 72.8 Å². The fourth-order valence-electron chi connectivity index (χ4n) is 3.61. The predicted octanol–water partition coefficient (Wildman–Crippen LogP) is 7.35.